The van der Waals surface area contributed by atoms with Crippen LogP contribution in [0.3, 0.4) is 0 Å². The molecule has 3 nitrogen and oxygen atoms in total. The molecule has 0 radical (unpaired) electrons. The molecule has 14 heavy (non-hydrogen) atoms. The predicted octanol–water partition coefficient (Wildman–Crippen LogP) is 1.26. The molecule has 0 heterocycles. The van der Waals surface area contributed by atoms with Crippen LogP contribution in [0.15, 0.2) is 30.3 Å². The van der Waals surface area contributed by atoms with Crippen molar-refractivity contribution in [1.82, 2.24) is 5.48 Å². The molecule has 0 aliphatic heterocycles. The zero-order chi connectivity index (χ0) is 10.2. The largest absolute Gasteiger partial charge is 0.319 e. The summed E-state index contributed by atoms with van der Waals surface area (Å²) in [6, 6.07) is 9.57. The molecule has 1 amide bonds. The van der Waals surface area contributed by atoms with Gasteiger partial charge in [0, 0.05) is 0 Å². The summed E-state index contributed by atoms with van der Waals surface area (Å²) >= 11 is 0. The maximum Gasteiger partial charge on any atom is 0.319 e. The van der Waals surface area contributed by atoms with Crippen molar-refractivity contribution in [1.29, 1.82) is 0 Å². The third kappa shape index (κ3) is 3.74. The van der Waals surface area contributed by atoms with Gasteiger partial charge in [-0.1, -0.05) is 36.3 Å². The van der Waals surface area contributed by atoms with Crippen LogP contribution in [0.1, 0.15) is 12.5 Å². The normalized spacial score (nSPS) is 8.64. The van der Waals surface area contributed by atoms with E-state index in [-0.39, 0.29) is 0 Å². The second-order valence-corrected chi connectivity index (χ2v) is 2.58. The summed E-state index contributed by atoms with van der Waals surface area (Å²) in [6.45, 7) is 1.94. The maximum atomic E-state index is 10.8. The van der Waals surface area contributed by atoms with Crippen LogP contribution >= 0.6 is 0 Å². The Kier molecular flexibility index (Phi) is 4.25. The lowest BCUT2D eigenvalue weighted by atomic mass is 10.2. The summed E-state index contributed by atoms with van der Waals surface area (Å²) in [7, 11) is 0. The molecular weight excluding hydrogens is 178 g/mol. The van der Waals surface area contributed by atoms with Crippen LogP contribution in [-0.2, 0) is 16.2 Å². The minimum atomic E-state index is -0.427. The molecule has 0 aromatic heterocycles. The number of nitrogens with one attached hydrogen (secondary N) is 1. The quantitative estimate of drug-likeness (QED) is 0.574. The topological polar surface area (TPSA) is 38.3 Å². The highest BCUT2D eigenvalue weighted by molar-refractivity contribution is 5.92. The lowest BCUT2D eigenvalue weighted by Crippen LogP contribution is -2.21. The van der Waals surface area contributed by atoms with E-state index in [9.17, 15) is 4.79 Å². The Morgan fingerprint density at radius 2 is 2.14 bits per heavy atom. The summed E-state index contributed by atoms with van der Waals surface area (Å²) in [5.41, 5.74) is 3.22. The molecule has 0 unspecified atom stereocenters. The van der Waals surface area contributed by atoms with Crippen LogP contribution in [0.5, 0.6) is 0 Å². The fourth-order valence-corrected chi connectivity index (χ4v) is 0.898. The Balaban J connectivity index is 2.28. The lowest BCUT2D eigenvalue weighted by molar-refractivity contribution is -0.128. The Hall–Kier alpha value is -1.79. The van der Waals surface area contributed by atoms with Crippen LogP contribution < -0.4 is 5.48 Å². The Bertz CT molecular complexity index is 349. The molecule has 0 saturated carbocycles. The molecule has 1 aromatic carbocycles. The van der Waals surface area contributed by atoms with E-state index in [0.29, 0.717) is 6.61 Å². The number of carbonyl (C=O) groups excluding carboxylic acids is 1. The van der Waals surface area contributed by atoms with E-state index in [1.54, 1.807) is 6.92 Å². The van der Waals surface area contributed by atoms with Crippen LogP contribution in [0.2, 0.25) is 0 Å². The lowest BCUT2D eigenvalue weighted by Gasteiger charge is -2.01. The molecule has 0 atom stereocenters. The van der Waals surface area contributed by atoms with E-state index in [2.05, 4.69) is 17.3 Å². The highest BCUT2D eigenvalue weighted by Crippen LogP contribution is 1.98. The van der Waals surface area contributed by atoms with Crippen LogP contribution in [0.4, 0.5) is 0 Å². The van der Waals surface area contributed by atoms with Gasteiger partial charge in [0.2, 0.25) is 0 Å². The van der Waals surface area contributed by atoms with Gasteiger partial charge in [-0.3, -0.25) is 9.63 Å². The van der Waals surface area contributed by atoms with Gasteiger partial charge in [-0.2, -0.15) is 0 Å². The first-order chi connectivity index (χ1) is 6.83. The summed E-state index contributed by atoms with van der Waals surface area (Å²) in [5.74, 6) is 4.35. The molecule has 1 aromatic rings. The summed E-state index contributed by atoms with van der Waals surface area (Å²) in [4.78, 5) is 15.8. The van der Waals surface area contributed by atoms with Gasteiger partial charge in [0.1, 0.15) is 0 Å². The molecule has 0 aliphatic rings. The molecule has 0 spiro atoms. The number of hydrogen-bond acceptors (Lipinski definition) is 2. The van der Waals surface area contributed by atoms with Gasteiger partial charge in [0.05, 0.1) is 6.61 Å². The number of rotatable bonds is 3. The van der Waals surface area contributed by atoms with Crippen molar-refractivity contribution in [3.63, 3.8) is 0 Å². The molecule has 1 rings (SSSR count). The summed E-state index contributed by atoms with van der Waals surface area (Å²) in [6.07, 6.45) is 0. The van der Waals surface area contributed by atoms with Crippen molar-refractivity contribution in [2.24, 2.45) is 0 Å². The minimum Gasteiger partial charge on any atom is -0.268 e. The maximum absolute atomic E-state index is 10.8. The Morgan fingerprint density at radius 1 is 1.43 bits per heavy atom. The van der Waals surface area contributed by atoms with Crippen LogP contribution in [0, 0.1) is 11.8 Å². The monoisotopic (exact) mass is 189 g/mol. The zero-order valence-electron chi connectivity index (χ0n) is 7.91. The molecule has 72 valence electrons. The van der Waals surface area contributed by atoms with Gasteiger partial charge < -0.3 is 0 Å². The summed E-state index contributed by atoms with van der Waals surface area (Å²) < 4.78 is 0. The van der Waals surface area contributed by atoms with Crippen molar-refractivity contribution < 1.29 is 9.63 Å². The summed E-state index contributed by atoms with van der Waals surface area (Å²) in [5, 5.41) is 0. The minimum absolute atomic E-state index is 0.345. The first-order valence-electron chi connectivity index (χ1n) is 4.21. The van der Waals surface area contributed by atoms with Crippen LogP contribution in [0.25, 0.3) is 0 Å². The number of hydroxylamine groups is 1. The van der Waals surface area contributed by atoms with Gasteiger partial charge in [-0.25, -0.2) is 5.48 Å². The predicted molar refractivity (Wildman–Crippen MR) is 52.8 cm³/mol. The highest BCUT2D eigenvalue weighted by atomic mass is 16.6. The third-order valence-corrected chi connectivity index (χ3v) is 1.49. The number of benzene rings is 1. The molecule has 3 heteroatoms. The molecular formula is C11H11NO2. The van der Waals surface area contributed by atoms with Crippen LogP contribution in [-0.4, -0.2) is 5.91 Å². The van der Waals surface area contributed by atoms with E-state index in [1.807, 2.05) is 30.3 Å². The smallest absolute Gasteiger partial charge is 0.268 e. The fourth-order valence-electron chi connectivity index (χ4n) is 0.898. The Labute approximate surface area is 83.0 Å². The molecule has 0 aliphatic carbocycles. The van der Waals surface area contributed by atoms with E-state index in [0.717, 1.165) is 5.56 Å². The van der Waals surface area contributed by atoms with Gasteiger partial charge >= 0.3 is 5.91 Å². The van der Waals surface area contributed by atoms with Gasteiger partial charge in [-0.05, 0) is 18.4 Å². The first kappa shape index (κ1) is 10.3. The van der Waals surface area contributed by atoms with E-state index in [4.69, 9.17) is 4.84 Å². The second kappa shape index (κ2) is 5.79. The number of hydrogen-bond donors (Lipinski definition) is 1. The third-order valence-electron chi connectivity index (χ3n) is 1.49. The van der Waals surface area contributed by atoms with E-state index < -0.39 is 5.91 Å². The molecule has 1 N–H and O–H groups in total. The second-order valence-electron chi connectivity index (χ2n) is 2.58. The first-order valence-corrected chi connectivity index (χ1v) is 4.21. The highest BCUT2D eigenvalue weighted by Gasteiger charge is 1.94. The fraction of sp³-hybridized carbons (Fsp3) is 0.182. The van der Waals surface area contributed by atoms with Gasteiger partial charge in [0.15, 0.2) is 0 Å². The molecule has 0 bridgehead atoms. The number of carbonyl (C=O) groups is 1. The zero-order valence-corrected chi connectivity index (χ0v) is 7.91. The Morgan fingerprint density at radius 3 is 2.79 bits per heavy atom. The molecule has 0 fully saturated rings. The van der Waals surface area contributed by atoms with Crippen molar-refractivity contribution in [2.45, 2.75) is 13.5 Å². The van der Waals surface area contributed by atoms with Crippen molar-refractivity contribution >= 4 is 5.91 Å². The van der Waals surface area contributed by atoms with Crippen molar-refractivity contribution in [3.8, 4) is 11.8 Å². The average Bonchev–Trinajstić information content (AvgIpc) is 2.20. The average molecular weight is 189 g/mol. The van der Waals surface area contributed by atoms with Gasteiger partial charge in [0.25, 0.3) is 0 Å². The standard InChI is InChI=1S/C11H11NO2/c1-2-6-11(13)12-14-9-10-7-4-3-5-8-10/h3-5,7-8H,9H2,1H3,(H,12,13). The SMILES string of the molecule is CC#CC(=O)NOCc1ccccc1. The van der Waals surface area contributed by atoms with Crippen molar-refractivity contribution in [2.75, 3.05) is 0 Å². The van der Waals surface area contributed by atoms with Gasteiger partial charge in [-0.15, -0.1) is 0 Å². The van der Waals surface area contributed by atoms with E-state index >= 15 is 0 Å². The van der Waals surface area contributed by atoms with Crippen molar-refractivity contribution in [3.05, 3.63) is 35.9 Å². The molecule has 0 saturated heterocycles. The van der Waals surface area contributed by atoms with E-state index in [1.165, 1.54) is 0 Å². The number of amides is 1.